The molecule has 0 unspecified atom stereocenters. The zero-order chi connectivity index (χ0) is 19.5. The van der Waals surface area contributed by atoms with E-state index in [1.165, 1.54) is 0 Å². The summed E-state index contributed by atoms with van der Waals surface area (Å²) >= 11 is 3.11. The summed E-state index contributed by atoms with van der Waals surface area (Å²) in [6.45, 7) is 1.89. The first-order valence-electron chi connectivity index (χ1n) is 8.87. The van der Waals surface area contributed by atoms with Gasteiger partial charge in [0.25, 0.3) is 5.91 Å². The summed E-state index contributed by atoms with van der Waals surface area (Å²) in [6.07, 6.45) is 9.44. The molecule has 0 atom stereocenters. The van der Waals surface area contributed by atoms with Crippen LogP contribution in [0.3, 0.4) is 0 Å². The Kier molecular flexibility index (Phi) is 5.40. The highest BCUT2D eigenvalue weighted by Crippen LogP contribution is 2.37. The van der Waals surface area contributed by atoms with Crippen molar-refractivity contribution in [2.24, 2.45) is 7.05 Å². The molecule has 1 N–H and O–H groups in total. The average molecular weight is 410 g/mol. The molecule has 142 valence electrons. The molecule has 0 aromatic carbocycles. The minimum Gasteiger partial charge on any atom is -0.315 e. The first-order chi connectivity index (χ1) is 13.6. The second-order valence-corrected chi connectivity index (χ2v) is 8.29. The number of hydrogen-bond acceptors (Lipinski definition) is 6. The van der Waals surface area contributed by atoms with E-state index in [2.05, 4.69) is 32.5 Å². The molecule has 0 bridgehead atoms. The van der Waals surface area contributed by atoms with Gasteiger partial charge >= 0.3 is 0 Å². The van der Waals surface area contributed by atoms with E-state index in [-0.39, 0.29) is 5.91 Å². The fourth-order valence-corrected chi connectivity index (χ4v) is 4.58. The van der Waals surface area contributed by atoms with Crippen LogP contribution in [0.15, 0.2) is 53.2 Å². The maximum Gasteiger partial charge on any atom is 0.274 e. The Morgan fingerprint density at radius 3 is 2.86 bits per heavy atom. The lowest BCUT2D eigenvalue weighted by Crippen LogP contribution is -2.23. The molecule has 1 amide bonds. The predicted molar refractivity (Wildman–Crippen MR) is 114 cm³/mol. The number of pyridine rings is 1. The molecule has 0 fully saturated rings. The van der Waals surface area contributed by atoms with Gasteiger partial charge in [-0.1, -0.05) is 30.0 Å². The molecule has 1 aliphatic heterocycles. The van der Waals surface area contributed by atoms with Crippen LogP contribution in [0.1, 0.15) is 34.6 Å². The monoisotopic (exact) mass is 409 g/mol. The largest absolute Gasteiger partial charge is 0.315 e. The Bertz CT molecular complexity index is 1070. The molecule has 0 aliphatic carbocycles. The maximum atomic E-state index is 12.6. The molecular formula is C20H19N5OS2. The lowest BCUT2D eigenvalue weighted by molar-refractivity contribution is 0.0963. The summed E-state index contributed by atoms with van der Waals surface area (Å²) in [5.74, 6) is -0.188. The van der Waals surface area contributed by atoms with Gasteiger partial charge in [-0.3, -0.25) is 14.5 Å². The Labute approximate surface area is 171 Å². The van der Waals surface area contributed by atoms with Gasteiger partial charge in [0.15, 0.2) is 0 Å². The molecule has 0 spiro atoms. The molecule has 0 saturated carbocycles. The number of nitrogens with zero attached hydrogens (tertiary/aromatic N) is 4. The van der Waals surface area contributed by atoms with Gasteiger partial charge in [-0.15, -0.1) is 11.3 Å². The van der Waals surface area contributed by atoms with Gasteiger partial charge in [0.2, 0.25) is 0 Å². The van der Waals surface area contributed by atoms with Crippen molar-refractivity contribution < 1.29 is 4.79 Å². The first kappa shape index (κ1) is 18.6. The van der Waals surface area contributed by atoms with Crippen molar-refractivity contribution in [1.82, 2.24) is 25.1 Å². The van der Waals surface area contributed by atoms with Crippen LogP contribution in [-0.4, -0.2) is 25.7 Å². The van der Waals surface area contributed by atoms with E-state index >= 15 is 0 Å². The Balaban J connectivity index is 1.55. The van der Waals surface area contributed by atoms with Crippen LogP contribution in [0.25, 0.3) is 15.6 Å². The minimum absolute atomic E-state index is 0.188. The SMILES string of the molecule is Cc1cccnc1C(=O)NC1=CCCC=C(c2cc(-c3nccs3)nn2C)S1. The van der Waals surface area contributed by atoms with Crippen LogP contribution < -0.4 is 5.32 Å². The van der Waals surface area contributed by atoms with E-state index in [0.29, 0.717) is 5.69 Å². The number of aryl methyl sites for hydroxylation is 2. The van der Waals surface area contributed by atoms with E-state index in [0.717, 1.165) is 44.7 Å². The number of allylic oxidation sites excluding steroid dienone is 2. The maximum absolute atomic E-state index is 12.6. The summed E-state index contributed by atoms with van der Waals surface area (Å²) in [4.78, 5) is 22.3. The molecule has 6 nitrogen and oxygen atoms in total. The van der Waals surface area contributed by atoms with Gasteiger partial charge in [-0.25, -0.2) is 4.98 Å². The van der Waals surface area contributed by atoms with Crippen LogP contribution in [-0.2, 0) is 7.05 Å². The van der Waals surface area contributed by atoms with Crippen molar-refractivity contribution in [3.63, 3.8) is 0 Å². The number of aromatic nitrogens is 4. The number of amides is 1. The van der Waals surface area contributed by atoms with Crippen molar-refractivity contribution in [1.29, 1.82) is 0 Å². The highest BCUT2D eigenvalue weighted by molar-refractivity contribution is 8.11. The molecule has 3 aromatic rings. The third-order valence-electron chi connectivity index (χ3n) is 4.29. The standard InChI is InChI=1S/C20H19N5OS2/c1-13-6-5-9-21-18(13)19(26)23-17-8-4-3-7-16(28-17)15-12-14(24-25(15)2)20-22-10-11-27-20/h5-12H,3-4H2,1-2H3,(H,23,26). The Morgan fingerprint density at radius 2 is 2.07 bits per heavy atom. The van der Waals surface area contributed by atoms with Gasteiger partial charge in [0, 0.05) is 29.7 Å². The van der Waals surface area contributed by atoms with E-state index in [1.54, 1.807) is 35.5 Å². The van der Waals surface area contributed by atoms with Crippen LogP contribution in [0.4, 0.5) is 0 Å². The molecule has 0 radical (unpaired) electrons. The third kappa shape index (κ3) is 3.93. The van der Waals surface area contributed by atoms with E-state index < -0.39 is 0 Å². The van der Waals surface area contributed by atoms with Gasteiger partial charge in [0.1, 0.15) is 16.4 Å². The Hall–Kier alpha value is -2.71. The molecule has 28 heavy (non-hydrogen) atoms. The van der Waals surface area contributed by atoms with Crippen molar-refractivity contribution in [2.45, 2.75) is 19.8 Å². The summed E-state index contributed by atoms with van der Waals surface area (Å²) in [6, 6.07) is 5.76. The molecule has 3 aromatic heterocycles. The summed E-state index contributed by atoms with van der Waals surface area (Å²) in [5.41, 5.74) is 3.17. The van der Waals surface area contributed by atoms with Crippen LogP contribution in [0.5, 0.6) is 0 Å². The summed E-state index contributed by atoms with van der Waals surface area (Å²) < 4.78 is 1.86. The van der Waals surface area contributed by atoms with E-state index in [1.807, 2.05) is 42.2 Å². The molecule has 4 rings (SSSR count). The lowest BCUT2D eigenvalue weighted by atomic mass is 10.2. The number of carbonyl (C=O) groups is 1. The number of carbonyl (C=O) groups excluding carboxylic acids is 1. The fraction of sp³-hybridized carbons (Fsp3) is 0.200. The normalized spacial score (nSPS) is 14.2. The average Bonchev–Trinajstić information content (AvgIpc) is 3.28. The highest BCUT2D eigenvalue weighted by Gasteiger charge is 2.18. The molecule has 4 heterocycles. The lowest BCUT2D eigenvalue weighted by Gasteiger charge is -2.11. The van der Waals surface area contributed by atoms with Crippen molar-refractivity contribution in [2.75, 3.05) is 0 Å². The third-order valence-corrected chi connectivity index (χ3v) is 6.17. The topological polar surface area (TPSA) is 72.7 Å². The molecular weight excluding hydrogens is 390 g/mol. The highest BCUT2D eigenvalue weighted by atomic mass is 32.2. The number of nitrogens with one attached hydrogen (secondary N) is 1. The Morgan fingerprint density at radius 1 is 1.21 bits per heavy atom. The molecule has 8 heteroatoms. The van der Waals surface area contributed by atoms with Crippen LogP contribution in [0.2, 0.25) is 0 Å². The van der Waals surface area contributed by atoms with Gasteiger partial charge in [0.05, 0.1) is 10.7 Å². The summed E-state index contributed by atoms with van der Waals surface area (Å²) in [7, 11) is 1.93. The molecule has 0 saturated heterocycles. The van der Waals surface area contributed by atoms with Crippen molar-refractivity contribution >= 4 is 33.9 Å². The van der Waals surface area contributed by atoms with E-state index in [4.69, 9.17) is 0 Å². The second-order valence-electron chi connectivity index (χ2n) is 6.31. The zero-order valence-corrected chi connectivity index (χ0v) is 17.2. The van der Waals surface area contributed by atoms with Crippen molar-refractivity contribution in [3.8, 4) is 10.7 Å². The van der Waals surface area contributed by atoms with E-state index in [9.17, 15) is 4.79 Å². The van der Waals surface area contributed by atoms with Gasteiger partial charge in [-0.05, 0) is 37.5 Å². The number of rotatable bonds is 4. The van der Waals surface area contributed by atoms with Crippen LogP contribution >= 0.6 is 23.1 Å². The fourth-order valence-electron chi connectivity index (χ4n) is 2.91. The number of thioether (sulfide) groups is 1. The zero-order valence-electron chi connectivity index (χ0n) is 15.5. The number of thiazole rings is 1. The van der Waals surface area contributed by atoms with Gasteiger partial charge in [-0.2, -0.15) is 5.10 Å². The summed E-state index contributed by atoms with van der Waals surface area (Å²) in [5, 5.41) is 11.3. The first-order valence-corrected chi connectivity index (χ1v) is 10.6. The smallest absolute Gasteiger partial charge is 0.274 e. The molecule has 1 aliphatic rings. The minimum atomic E-state index is -0.188. The quantitative estimate of drug-likeness (QED) is 0.692. The number of hydrogen-bond donors (Lipinski definition) is 1. The van der Waals surface area contributed by atoms with Crippen LogP contribution in [0, 0.1) is 6.92 Å². The van der Waals surface area contributed by atoms with Gasteiger partial charge < -0.3 is 5.32 Å². The van der Waals surface area contributed by atoms with Crippen molar-refractivity contribution in [3.05, 3.63) is 70.1 Å². The second kappa shape index (κ2) is 8.12. The predicted octanol–water partition coefficient (Wildman–Crippen LogP) is 4.39.